The van der Waals surface area contributed by atoms with Crippen molar-refractivity contribution in [3.8, 4) is 5.75 Å². The summed E-state index contributed by atoms with van der Waals surface area (Å²) in [5.41, 5.74) is -0.244. The number of carboxylic acids is 1. The first-order valence-electron chi connectivity index (χ1n) is 7.23. The summed E-state index contributed by atoms with van der Waals surface area (Å²) < 4.78 is 5.06. The normalized spacial score (nSPS) is 17.0. The largest absolute Gasteiger partial charge is 0.497 e. The van der Waals surface area contributed by atoms with Gasteiger partial charge in [0.2, 0.25) is 5.91 Å². The zero-order chi connectivity index (χ0) is 15.3. The molecular formula is C16H21NO4. The molecule has 1 aliphatic rings. The van der Waals surface area contributed by atoms with E-state index in [1.165, 1.54) is 0 Å². The third-order valence-electron chi connectivity index (χ3n) is 4.02. The lowest BCUT2D eigenvalue weighted by Gasteiger charge is -2.34. The lowest BCUT2D eigenvalue weighted by atomic mass is 9.81. The zero-order valence-electron chi connectivity index (χ0n) is 12.2. The maximum Gasteiger partial charge on any atom is 0.329 e. The Balaban J connectivity index is 2.00. The fourth-order valence-corrected chi connectivity index (χ4v) is 2.79. The van der Waals surface area contributed by atoms with E-state index in [9.17, 15) is 14.7 Å². The topological polar surface area (TPSA) is 75.6 Å². The Labute approximate surface area is 124 Å². The van der Waals surface area contributed by atoms with Gasteiger partial charge >= 0.3 is 5.97 Å². The first kappa shape index (κ1) is 15.4. The number of carbonyl (C=O) groups is 2. The molecule has 0 saturated heterocycles. The van der Waals surface area contributed by atoms with Crippen molar-refractivity contribution < 1.29 is 19.4 Å². The highest BCUT2D eigenvalue weighted by Gasteiger charge is 2.40. The molecule has 1 aromatic rings. The number of aliphatic carboxylic acids is 1. The molecule has 2 rings (SSSR count). The van der Waals surface area contributed by atoms with Crippen LogP contribution in [0, 0.1) is 0 Å². The second-order valence-electron chi connectivity index (χ2n) is 5.52. The van der Waals surface area contributed by atoms with Gasteiger partial charge in [-0.15, -0.1) is 0 Å². The average Bonchev–Trinajstić information content (AvgIpc) is 2.48. The van der Waals surface area contributed by atoms with E-state index in [4.69, 9.17) is 4.74 Å². The SMILES string of the molecule is COc1ccc(CC(=O)NC2(C(=O)O)CCCCC2)cc1. The number of hydrogen-bond donors (Lipinski definition) is 2. The standard InChI is InChI=1S/C16H21NO4/c1-21-13-7-5-12(6-8-13)11-14(18)17-16(15(19)20)9-3-2-4-10-16/h5-8H,2-4,9-11H2,1H3,(H,17,18)(H,19,20). The second kappa shape index (κ2) is 6.61. The van der Waals surface area contributed by atoms with Crippen LogP contribution in [0.5, 0.6) is 5.75 Å². The van der Waals surface area contributed by atoms with Crippen LogP contribution in [0.4, 0.5) is 0 Å². The monoisotopic (exact) mass is 291 g/mol. The fraction of sp³-hybridized carbons (Fsp3) is 0.500. The smallest absolute Gasteiger partial charge is 0.329 e. The highest BCUT2D eigenvalue weighted by Crippen LogP contribution is 2.28. The zero-order valence-corrected chi connectivity index (χ0v) is 12.2. The van der Waals surface area contributed by atoms with Crippen molar-refractivity contribution in [2.75, 3.05) is 7.11 Å². The number of amides is 1. The number of ether oxygens (including phenoxy) is 1. The molecule has 0 unspecified atom stereocenters. The van der Waals surface area contributed by atoms with Crippen molar-refractivity contribution in [3.05, 3.63) is 29.8 Å². The quantitative estimate of drug-likeness (QED) is 0.871. The first-order valence-corrected chi connectivity index (χ1v) is 7.23. The van der Waals surface area contributed by atoms with Crippen LogP contribution in [0.15, 0.2) is 24.3 Å². The number of hydrogen-bond acceptors (Lipinski definition) is 3. The van der Waals surface area contributed by atoms with Gasteiger partial charge in [0.05, 0.1) is 13.5 Å². The van der Waals surface area contributed by atoms with Gasteiger partial charge in [-0.2, -0.15) is 0 Å². The van der Waals surface area contributed by atoms with Crippen LogP contribution in [0.2, 0.25) is 0 Å². The average molecular weight is 291 g/mol. The minimum Gasteiger partial charge on any atom is -0.497 e. The molecule has 0 atom stereocenters. The van der Waals surface area contributed by atoms with Gasteiger partial charge in [0.15, 0.2) is 0 Å². The summed E-state index contributed by atoms with van der Waals surface area (Å²) in [6.07, 6.45) is 3.92. The molecule has 0 aliphatic heterocycles. The van der Waals surface area contributed by atoms with Gasteiger partial charge in [0.25, 0.3) is 0 Å². The van der Waals surface area contributed by atoms with Crippen LogP contribution in [0.3, 0.4) is 0 Å². The van der Waals surface area contributed by atoms with Crippen LogP contribution < -0.4 is 10.1 Å². The van der Waals surface area contributed by atoms with Crippen molar-refractivity contribution in [1.82, 2.24) is 5.32 Å². The lowest BCUT2D eigenvalue weighted by molar-refractivity contribution is -0.149. The van der Waals surface area contributed by atoms with E-state index in [0.717, 1.165) is 30.6 Å². The van der Waals surface area contributed by atoms with Gasteiger partial charge in [0.1, 0.15) is 11.3 Å². The molecule has 1 aromatic carbocycles. The van der Waals surface area contributed by atoms with Crippen LogP contribution in [0.1, 0.15) is 37.7 Å². The molecule has 21 heavy (non-hydrogen) atoms. The van der Waals surface area contributed by atoms with Crippen LogP contribution in [-0.4, -0.2) is 29.6 Å². The van der Waals surface area contributed by atoms with Crippen molar-refractivity contribution in [2.24, 2.45) is 0 Å². The molecule has 0 bridgehead atoms. The molecule has 1 amide bonds. The third kappa shape index (κ3) is 3.74. The molecular weight excluding hydrogens is 270 g/mol. The van der Waals surface area contributed by atoms with E-state index < -0.39 is 11.5 Å². The minimum atomic E-state index is -1.08. The molecule has 1 saturated carbocycles. The van der Waals surface area contributed by atoms with E-state index in [1.54, 1.807) is 19.2 Å². The van der Waals surface area contributed by atoms with Gasteiger partial charge in [-0.05, 0) is 30.5 Å². The molecule has 0 aromatic heterocycles. The van der Waals surface area contributed by atoms with Crippen molar-refractivity contribution in [3.63, 3.8) is 0 Å². The van der Waals surface area contributed by atoms with Crippen molar-refractivity contribution >= 4 is 11.9 Å². The van der Waals surface area contributed by atoms with Gasteiger partial charge < -0.3 is 15.2 Å². The van der Waals surface area contributed by atoms with Gasteiger partial charge in [-0.1, -0.05) is 31.4 Å². The van der Waals surface area contributed by atoms with E-state index >= 15 is 0 Å². The maximum absolute atomic E-state index is 12.1. The number of nitrogens with one attached hydrogen (secondary N) is 1. The molecule has 1 fully saturated rings. The molecule has 114 valence electrons. The first-order chi connectivity index (χ1) is 10.1. The van der Waals surface area contributed by atoms with Gasteiger partial charge in [-0.25, -0.2) is 4.79 Å². The Hall–Kier alpha value is -2.04. The van der Waals surface area contributed by atoms with Crippen LogP contribution >= 0.6 is 0 Å². The highest BCUT2D eigenvalue weighted by atomic mass is 16.5. The second-order valence-corrected chi connectivity index (χ2v) is 5.52. The maximum atomic E-state index is 12.1. The Kier molecular flexibility index (Phi) is 4.83. The third-order valence-corrected chi connectivity index (χ3v) is 4.02. The molecule has 0 spiro atoms. The summed E-state index contributed by atoms with van der Waals surface area (Å²) in [6.45, 7) is 0. The predicted molar refractivity (Wildman–Crippen MR) is 78.3 cm³/mol. The predicted octanol–water partition coefficient (Wildman–Crippen LogP) is 2.14. The summed E-state index contributed by atoms with van der Waals surface area (Å²) in [5.74, 6) is -0.441. The number of carboxylic acid groups (broad SMARTS) is 1. The number of rotatable bonds is 5. The number of methoxy groups -OCH3 is 1. The van der Waals surface area contributed by atoms with E-state index in [0.29, 0.717) is 12.8 Å². The fourth-order valence-electron chi connectivity index (χ4n) is 2.79. The number of carbonyl (C=O) groups excluding carboxylic acids is 1. The summed E-state index contributed by atoms with van der Waals surface area (Å²) in [6, 6.07) is 7.20. The summed E-state index contributed by atoms with van der Waals surface area (Å²) in [7, 11) is 1.58. The summed E-state index contributed by atoms with van der Waals surface area (Å²) >= 11 is 0. The number of benzene rings is 1. The lowest BCUT2D eigenvalue weighted by Crippen LogP contribution is -2.55. The Morgan fingerprint density at radius 3 is 2.33 bits per heavy atom. The minimum absolute atomic E-state index is 0.180. The molecule has 0 radical (unpaired) electrons. The van der Waals surface area contributed by atoms with Crippen LogP contribution in [0.25, 0.3) is 0 Å². The molecule has 0 heterocycles. The van der Waals surface area contributed by atoms with Crippen molar-refractivity contribution in [2.45, 2.75) is 44.1 Å². The van der Waals surface area contributed by atoms with Gasteiger partial charge in [-0.3, -0.25) is 4.79 Å². The van der Waals surface area contributed by atoms with Gasteiger partial charge in [0, 0.05) is 0 Å². The Morgan fingerprint density at radius 1 is 1.19 bits per heavy atom. The Morgan fingerprint density at radius 2 is 1.81 bits per heavy atom. The Bertz CT molecular complexity index is 504. The molecule has 2 N–H and O–H groups in total. The van der Waals surface area contributed by atoms with Crippen LogP contribution in [-0.2, 0) is 16.0 Å². The summed E-state index contributed by atoms with van der Waals surface area (Å²) in [4.78, 5) is 23.7. The highest BCUT2D eigenvalue weighted by molar-refractivity contribution is 5.88. The van der Waals surface area contributed by atoms with E-state index in [2.05, 4.69) is 5.32 Å². The van der Waals surface area contributed by atoms with Crippen molar-refractivity contribution in [1.29, 1.82) is 0 Å². The summed E-state index contributed by atoms with van der Waals surface area (Å²) in [5, 5.41) is 12.2. The van der Waals surface area contributed by atoms with E-state index in [1.807, 2.05) is 12.1 Å². The molecule has 5 nitrogen and oxygen atoms in total. The molecule has 1 aliphatic carbocycles. The molecule has 5 heteroatoms. The van der Waals surface area contributed by atoms with E-state index in [-0.39, 0.29) is 12.3 Å².